The fourth-order valence-electron chi connectivity index (χ4n) is 2.08. The first-order chi connectivity index (χ1) is 7.69. The molecule has 0 aromatic heterocycles. The van der Waals surface area contributed by atoms with E-state index < -0.39 is 0 Å². The molecular formula is C12H24N2O2. The van der Waals surface area contributed by atoms with Crippen molar-refractivity contribution in [1.82, 2.24) is 10.2 Å². The minimum absolute atomic E-state index is 0.0505. The Morgan fingerprint density at radius 1 is 1.62 bits per heavy atom. The van der Waals surface area contributed by atoms with Crippen LogP contribution in [-0.2, 0) is 4.79 Å². The molecule has 4 nitrogen and oxygen atoms in total. The molecule has 1 heterocycles. The van der Waals surface area contributed by atoms with Crippen LogP contribution < -0.4 is 5.32 Å². The molecule has 1 aliphatic rings. The Morgan fingerprint density at radius 3 is 2.88 bits per heavy atom. The van der Waals surface area contributed by atoms with Crippen molar-refractivity contribution in [2.24, 2.45) is 5.92 Å². The Bertz CT molecular complexity index is 215. The zero-order valence-corrected chi connectivity index (χ0v) is 10.4. The van der Waals surface area contributed by atoms with Crippen molar-refractivity contribution in [3.05, 3.63) is 0 Å². The molecule has 0 aromatic rings. The summed E-state index contributed by atoms with van der Waals surface area (Å²) in [6.45, 7) is 6.28. The number of nitrogens with zero attached hydrogens (tertiary/aromatic N) is 1. The maximum atomic E-state index is 12.0. The Balaban J connectivity index is 2.48. The molecular weight excluding hydrogens is 204 g/mol. The molecule has 2 unspecified atom stereocenters. The van der Waals surface area contributed by atoms with Crippen LogP contribution >= 0.6 is 0 Å². The fourth-order valence-corrected chi connectivity index (χ4v) is 2.08. The molecule has 0 aromatic carbocycles. The van der Waals surface area contributed by atoms with E-state index in [0.29, 0.717) is 12.6 Å². The molecule has 1 rings (SSSR count). The van der Waals surface area contributed by atoms with Crippen molar-refractivity contribution in [1.29, 1.82) is 0 Å². The van der Waals surface area contributed by atoms with E-state index in [-0.39, 0.29) is 18.4 Å². The predicted octanol–water partition coefficient (Wildman–Crippen LogP) is 0.605. The standard InChI is InChI=1S/C12H24N2O2/c1-3-10(2)12(16)14(7-8-15)9-11-5-4-6-13-11/h10-11,13,15H,3-9H2,1-2H3. The van der Waals surface area contributed by atoms with Crippen LogP contribution in [0.4, 0.5) is 0 Å². The van der Waals surface area contributed by atoms with Gasteiger partial charge in [0.05, 0.1) is 6.61 Å². The molecule has 1 aliphatic heterocycles. The van der Waals surface area contributed by atoms with Crippen LogP contribution in [0.3, 0.4) is 0 Å². The maximum Gasteiger partial charge on any atom is 0.225 e. The number of carbonyl (C=O) groups is 1. The van der Waals surface area contributed by atoms with Gasteiger partial charge in [-0.15, -0.1) is 0 Å². The lowest BCUT2D eigenvalue weighted by molar-refractivity contribution is -0.135. The molecule has 0 bridgehead atoms. The second-order valence-corrected chi connectivity index (χ2v) is 4.61. The zero-order valence-electron chi connectivity index (χ0n) is 10.4. The summed E-state index contributed by atoms with van der Waals surface area (Å²) < 4.78 is 0. The van der Waals surface area contributed by atoms with Gasteiger partial charge in [0.15, 0.2) is 0 Å². The average Bonchev–Trinajstić information content (AvgIpc) is 2.79. The first kappa shape index (κ1) is 13.5. The van der Waals surface area contributed by atoms with Crippen LogP contribution in [0.5, 0.6) is 0 Å². The normalized spacial score (nSPS) is 22.1. The van der Waals surface area contributed by atoms with Crippen LogP contribution in [0.1, 0.15) is 33.1 Å². The van der Waals surface area contributed by atoms with E-state index in [1.54, 1.807) is 4.90 Å². The van der Waals surface area contributed by atoms with Crippen LogP contribution in [0, 0.1) is 5.92 Å². The Kier molecular flexibility index (Phi) is 5.77. The molecule has 0 saturated carbocycles. The molecule has 94 valence electrons. The summed E-state index contributed by atoms with van der Waals surface area (Å²) in [5.74, 6) is 0.234. The predicted molar refractivity (Wildman–Crippen MR) is 64.1 cm³/mol. The van der Waals surface area contributed by atoms with Gasteiger partial charge in [0.1, 0.15) is 0 Å². The fraction of sp³-hybridized carbons (Fsp3) is 0.917. The van der Waals surface area contributed by atoms with Crippen LogP contribution in [0.2, 0.25) is 0 Å². The van der Waals surface area contributed by atoms with E-state index in [0.717, 1.165) is 25.9 Å². The number of hydrogen-bond acceptors (Lipinski definition) is 3. The number of aliphatic hydroxyl groups is 1. The summed E-state index contributed by atoms with van der Waals surface area (Å²) in [4.78, 5) is 13.8. The van der Waals surface area contributed by atoms with E-state index >= 15 is 0 Å². The number of aliphatic hydroxyl groups excluding tert-OH is 1. The van der Waals surface area contributed by atoms with Gasteiger partial charge in [0.25, 0.3) is 0 Å². The number of amides is 1. The summed E-state index contributed by atoms with van der Waals surface area (Å²) in [5, 5.41) is 12.4. The summed E-state index contributed by atoms with van der Waals surface area (Å²) in [6.07, 6.45) is 3.18. The van der Waals surface area contributed by atoms with Crippen molar-refractivity contribution in [3.8, 4) is 0 Å². The number of rotatable bonds is 6. The molecule has 2 atom stereocenters. The lowest BCUT2D eigenvalue weighted by Gasteiger charge is -2.27. The summed E-state index contributed by atoms with van der Waals surface area (Å²) >= 11 is 0. The zero-order chi connectivity index (χ0) is 12.0. The van der Waals surface area contributed by atoms with E-state index in [4.69, 9.17) is 5.11 Å². The molecule has 2 N–H and O–H groups in total. The molecule has 0 radical (unpaired) electrons. The summed E-state index contributed by atoms with van der Waals surface area (Å²) in [6, 6.07) is 0.416. The van der Waals surface area contributed by atoms with E-state index in [1.165, 1.54) is 6.42 Å². The van der Waals surface area contributed by atoms with Gasteiger partial charge in [0, 0.05) is 25.0 Å². The Morgan fingerprint density at radius 2 is 2.38 bits per heavy atom. The topological polar surface area (TPSA) is 52.6 Å². The highest BCUT2D eigenvalue weighted by molar-refractivity contribution is 5.78. The summed E-state index contributed by atoms with van der Waals surface area (Å²) in [5.41, 5.74) is 0. The third kappa shape index (κ3) is 3.76. The molecule has 1 saturated heterocycles. The van der Waals surface area contributed by atoms with Gasteiger partial charge in [-0.25, -0.2) is 0 Å². The van der Waals surface area contributed by atoms with Crippen molar-refractivity contribution >= 4 is 5.91 Å². The largest absolute Gasteiger partial charge is 0.395 e. The van der Waals surface area contributed by atoms with Crippen molar-refractivity contribution < 1.29 is 9.90 Å². The second-order valence-electron chi connectivity index (χ2n) is 4.61. The maximum absolute atomic E-state index is 12.0. The minimum atomic E-state index is 0.0505. The Labute approximate surface area is 98.0 Å². The van der Waals surface area contributed by atoms with Crippen molar-refractivity contribution in [3.63, 3.8) is 0 Å². The average molecular weight is 228 g/mol. The molecule has 16 heavy (non-hydrogen) atoms. The van der Waals surface area contributed by atoms with Gasteiger partial charge in [-0.2, -0.15) is 0 Å². The molecule has 0 spiro atoms. The number of carbonyl (C=O) groups excluding carboxylic acids is 1. The Hall–Kier alpha value is -0.610. The van der Waals surface area contributed by atoms with E-state index in [2.05, 4.69) is 5.32 Å². The van der Waals surface area contributed by atoms with Gasteiger partial charge in [0.2, 0.25) is 5.91 Å². The molecule has 1 fully saturated rings. The van der Waals surface area contributed by atoms with Crippen LogP contribution in [0.25, 0.3) is 0 Å². The second kappa shape index (κ2) is 6.86. The SMILES string of the molecule is CCC(C)C(=O)N(CCO)CC1CCCN1. The quantitative estimate of drug-likeness (QED) is 0.700. The first-order valence-electron chi connectivity index (χ1n) is 6.32. The minimum Gasteiger partial charge on any atom is -0.395 e. The lowest BCUT2D eigenvalue weighted by Crippen LogP contribution is -2.44. The molecule has 1 amide bonds. The van der Waals surface area contributed by atoms with Crippen molar-refractivity contribution in [2.45, 2.75) is 39.2 Å². The molecule has 0 aliphatic carbocycles. The first-order valence-corrected chi connectivity index (χ1v) is 6.32. The lowest BCUT2D eigenvalue weighted by atomic mass is 10.1. The van der Waals surface area contributed by atoms with Gasteiger partial charge in [-0.1, -0.05) is 13.8 Å². The third-order valence-corrected chi connectivity index (χ3v) is 3.32. The highest BCUT2D eigenvalue weighted by atomic mass is 16.3. The van der Waals surface area contributed by atoms with Gasteiger partial charge in [-0.3, -0.25) is 4.79 Å². The smallest absolute Gasteiger partial charge is 0.225 e. The van der Waals surface area contributed by atoms with Gasteiger partial charge >= 0.3 is 0 Å². The van der Waals surface area contributed by atoms with Crippen molar-refractivity contribution in [2.75, 3.05) is 26.2 Å². The van der Waals surface area contributed by atoms with Crippen LogP contribution in [0.15, 0.2) is 0 Å². The highest BCUT2D eigenvalue weighted by Crippen LogP contribution is 2.11. The summed E-state index contributed by atoms with van der Waals surface area (Å²) in [7, 11) is 0. The van der Waals surface area contributed by atoms with Gasteiger partial charge in [-0.05, 0) is 25.8 Å². The van der Waals surface area contributed by atoms with Crippen LogP contribution in [-0.4, -0.2) is 48.2 Å². The van der Waals surface area contributed by atoms with E-state index in [9.17, 15) is 4.79 Å². The monoisotopic (exact) mass is 228 g/mol. The van der Waals surface area contributed by atoms with Gasteiger partial charge < -0.3 is 15.3 Å². The van der Waals surface area contributed by atoms with E-state index in [1.807, 2.05) is 13.8 Å². The highest BCUT2D eigenvalue weighted by Gasteiger charge is 2.23. The number of nitrogens with one attached hydrogen (secondary N) is 1. The molecule has 4 heteroatoms. The number of hydrogen-bond donors (Lipinski definition) is 2. The third-order valence-electron chi connectivity index (χ3n) is 3.32.